The molecule has 5 rings (SSSR count). The maximum atomic E-state index is 12.8. The number of H-pyrrole nitrogens is 1. The Morgan fingerprint density at radius 1 is 0.853 bits per heavy atom. The van der Waals surface area contributed by atoms with Crippen LogP contribution in [-0.4, -0.2) is 34.2 Å². The van der Waals surface area contributed by atoms with Crippen LogP contribution in [0, 0.1) is 0 Å². The van der Waals surface area contributed by atoms with E-state index in [-0.39, 0.29) is 29.7 Å². The van der Waals surface area contributed by atoms with Gasteiger partial charge in [-0.1, -0.05) is 54.6 Å². The second-order valence-corrected chi connectivity index (χ2v) is 8.37. The fraction of sp³-hybridized carbons (Fsp3) is 0.143. The van der Waals surface area contributed by atoms with Crippen LogP contribution in [0.1, 0.15) is 60.8 Å². The van der Waals surface area contributed by atoms with Crippen LogP contribution < -0.4 is 0 Å². The Bertz CT molecular complexity index is 1460. The molecule has 6 nitrogen and oxygen atoms in total. The lowest BCUT2D eigenvalue weighted by Crippen LogP contribution is -2.25. The first kappa shape index (κ1) is 21.7. The molecule has 0 amide bonds. The minimum absolute atomic E-state index is 0.0694. The normalized spacial score (nSPS) is 13.5. The summed E-state index contributed by atoms with van der Waals surface area (Å²) >= 11 is 0. The van der Waals surface area contributed by atoms with Crippen LogP contribution >= 0.6 is 0 Å². The molecule has 0 spiro atoms. The molecular weight excluding hydrogens is 430 g/mol. The van der Waals surface area contributed by atoms with Gasteiger partial charge in [0, 0.05) is 38.7 Å². The molecule has 1 aromatic heterocycles. The van der Waals surface area contributed by atoms with Gasteiger partial charge in [0.05, 0.1) is 12.3 Å². The van der Waals surface area contributed by atoms with Gasteiger partial charge in [-0.05, 0) is 31.5 Å². The Morgan fingerprint density at radius 3 is 2.06 bits per heavy atom. The SMILES string of the molecule is CC(=O)c1cc(C(C)=O)c2c(COC3C(=O)c4ccccc4C3=O)c(-c3ccccc3)[nH]c2c1. The summed E-state index contributed by atoms with van der Waals surface area (Å²) in [6.45, 7) is 2.82. The van der Waals surface area contributed by atoms with Gasteiger partial charge >= 0.3 is 0 Å². The van der Waals surface area contributed by atoms with Crippen LogP contribution in [0.3, 0.4) is 0 Å². The van der Waals surface area contributed by atoms with Gasteiger partial charge < -0.3 is 9.72 Å². The average Bonchev–Trinajstić information content (AvgIpc) is 3.32. The first-order valence-corrected chi connectivity index (χ1v) is 10.9. The lowest BCUT2D eigenvalue weighted by atomic mass is 9.97. The van der Waals surface area contributed by atoms with E-state index in [9.17, 15) is 19.2 Å². The maximum absolute atomic E-state index is 12.8. The van der Waals surface area contributed by atoms with Crippen LogP contribution in [0.5, 0.6) is 0 Å². The van der Waals surface area contributed by atoms with Crippen molar-refractivity contribution >= 4 is 34.0 Å². The quantitative estimate of drug-likeness (QED) is 0.321. The second-order valence-electron chi connectivity index (χ2n) is 8.37. The molecule has 4 aromatic rings. The van der Waals surface area contributed by atoms with E-state index in [2.05, 4.69) is 4.98 Å². The minimum atomic E-state index is -1.23. The third-order valence-corrected chi connectivity index (χ3v) is 6.18. The molecule has 3 aromatic carbocycles. The number of fused-ring (bicyclic) bond motifs is 2. The maximum Gasteiger partial charge on any atom is 0.200 e. The largest absolute Gasteiger partial charge is 0.357 e. The molecule has 1 aliphatic carbocycles. The van der Waals surface area contributed by atoms with Gasteiger partial charge in [-0.25, -0.2) is 0 Å². The van der Waals surface area contributed by atoms with Crippen molar-refractivity contribution in [2.24, 2.45) is 0 Å². The standard InChI is InChI=1S/C28H21NO5/c1-15(30)18-12-21(16(2)31)24-22(25(29-23(24)13-18)17-8-4-3-5-9-17)14-34-28-26(32)19-10-6-7-11-20(19)27(28)33/h3-13,28-29H,14H2,1-2H3. The Labute approximate surface area is 195 Å². The molecule has 0 saturated heterocycles. The molecule has 0 aliphatic heterocycles. The third kappa shape index (κ3) is 3.49. The van der Waals surface area contributed by atoms with Crippen LogP contribution in [0.25, 0.3) is 22.2 Å². The first-order chi connectivity index (χ1) is 16.4. The Balaban J connectivity index is 1.63. The summed E-state index contributed by atoms with van der Waals surface area (Å²) in [6.07, 6.45) is -1.23. The van der Waals surface area contributed by atoms with E-state index in [1.54, 1.807) is 36.4 Å². The van der Waals surface area contributed by atoms with Gasteiger partial charge in [0.2, 0.25) is 0 Å². The molecule has 6 heteroatoms. The summed E-state index contributed by atoms with van der Waals surface area (Å²) < 4.78 is 5.94. The molecule has 0 saturated carbocycles. The minimum Gasteiger partial charge on any atom is -0.357 e. The van der Waals surface area contributed by atoms with Crippen LogP contribution in [0.2, 0.25) is 0 Å². The van der Waals surface area contributed by atoms with Gasteiger partial charge in [-0.2, -0.15) is 0 Å². The lowest BCUT2D eigenvalue weighted by molar-refractivity contribution is 0.0354. The van der Waals surface area contributed by atoms with Crippen LogP contribution in [0.15, 0.2) is 66.7 Å². The van der Waals surface area contributed by atoms with Crippen molar-refractivity contribution in [1.82, 2.24) is 4.98 Å². The van der Waals surface area contributed by atoms with Gasteiger partial charge in [0.25, 0.3) is 0 Å². The number of rotatable bonds is 6. The fourth-order valence-corrected chi connectivity index (χ4v) is 4.51. The smallest absolute Gasteiger partial charge is 0.200 e. The third-order valence-electron chi connectivity index (χ3n) is 6.18. The summed E-state index contributed by atoms with van der Waals surface area (Å²) in [6, 6.07) is 19.5. The summed E-state index contributed by atoms with van der Waals surface area (Å²) in [5.41, 5.74) is 4.33. The molecule has 0 bridgehead atoms. The molecule has 0 atom stereocenters. The van der Waals surface area contributed by atoms with Gasteiger partial charge in [0.15, 0.2) is 29.2 Å². The zero-order valence-electron chi connectivity index (χ0n) is 18.7. The van der Waals surface area contributed by atoms with Gasteiger partial charge in [-0.3, -0.25) is 19.2 Å². The number of carbonyl (C=O) groups is 4. The lowest BCUT2D eigenvalue weighted by Gasteiger charge is -2.12. The molecule has 0 radical (unpaired) electrons. The summed E-state index contributed by atoms with van der Waals surface area (Å²) in [5.74, 6) is -1.09. The Hall–Kier alpha value is -4.16. The Kier molecular flexibility index (Phi) is 5.30. The van der Waals surface area contributed by atoms with Crippen LogP contribution in [0.4, 0.5) is 0 Å². The van der Waals surface area contributed by atoms with E-state index in [1.807, 2.05) is 30.3 Å². The van der Waals surface area contributed by atoms with E-state index in [0.29, 0.717) is 44.4 Å². The number of aromatic nitrogens is 1. The second kappa shape index (κ2) is 8.32. The number of nitrogens with one attached hydrogen (secondary N) is 1. The summed E-state index contributed by atoms with van der Waals surface area (Å²) in [4.78, 5) is 53.7. The fourth-order valence-electron chi connectivity index (χ4n) is 4.51. The molecule has 0 fully saturated rings. The van der Waals surface area contributed by atoms with E-state index in [1.165, 1.54) is 13.8 Å². The zero-order valence-corrected chi connectivity index (χ0v) is 18.7. The number of carbonyl (C=O) groups excluding carboxylic acids is 4. The average molecular weight is 451 g/mol. The van der Waals surface area contributed by atoms with E-state index < -0.39 is 6.10 Å². The topological polar surface area (TPSA) is 93.3 Å². The number of hydrogen-bond acceptors (Lipinski definition) is 5. The number of benzene rings is 3. The van der Waals surface area contributed by atoms with E-state index >= 15 is 0 Å². The van der Waals surface area contributed by atoms with Crippen molar-refractivity contribution in [3.8, 4) is 11.3 Å². The predicted molar refractivity (Wildman–Crippen MR) is 127 cm³/mol. The number of ether oxygens (including phenoxy) is 1. The van der Waals surface area contributed by atoms with Crippen molar-refractivity contribution in [1.29, 1.82) is 0 Å². The highest BCUT2D eigenvalue weighted by Crippen LogP contribution is 2.35. The van der Waals surface area contributed by atoms with E-state index in [4.69, 9.17) is 4.74 Å². The zero-order chi connectivity index (χ0) is 24.0. The van der Waals surface area contributed by atoms with Crippen LogP contribution in [-0.2, 0) is 11.3 Å². The molecular formula is C28H21NO5. The highest BCUT2D eigenvalue weighted by atomic mass is 16.5. The van der Waals surface area contributed by atoms with Crippen molar-refractivity contribution in [2.45, 2.75) is 26.6 Å². The van der Waals surface area contributed by atoms with Crippen molar-refractivity contribution in [3.05, 3.63) is 94.5 Å². The Morgan fingerprint density at radius 2 is 1.47 bits per heavy atom. The summed E-state index contributed by atoms with van der Waals surface area (Å²) in [5, 5.41) is 0.617. The van der Waals surface area contributed by atoms with Crippen molar-refractivity contribution in [2.75, 3.05) is 0 Å². The molecule has 1 aliphatic rings. The molecule has 0 unspecified atom stereocenters. The molecule has 1 N–H and O–H groups in total. The van der Waals surface area contributed by atoms with Gasteiger partial charge in [-0.15, -0.1) is 0 Å². The van der Waals surface area contributed by atoms with Crippen molar-refractivity contribution in [3.63, 3.8) is 0 Å². The first-order valence-electron chi connectivity index (χ1n) is 10.9. The monoisotopic (exact) mass is 451 g/mol. The van der Waals surface area contributed by atoms with Gasteiger partial charge in [0.1, 0.15) is 0 Å². The highest BCUT2D eigenvalue weighted by Gasteiger charge is 2.39. The molecule has 1 heterocycles. The van der Waals surface area contributed by atoms with E-state index in [0.717, 1.165) is 5.56 Å². The number of aromatic amines is 1. The van der Waals surface area contributed by atoms with Crippen molar-refractivity contribution < 1.29 is 23.9 Å². The number of hydrogen-bond donors (Lipinski definition) is 1. The number of ketones is 4. The highest BCUT2D eigenvalue weighted by molar-refractivity contribution is 6.28. The molecule has 34 heavy (non-hydrogen) atoms. The number of Topliss-reactive ketones (excluding diaryl/α,β-unsaturated/α-hetero) is 4. The molecule has 168 valence electrons. The summed E-state index contributed by atoms with van der Waals surface area (Å²) in [7, 11) is 0. The predicted octanol–water partition coefficient (Wildman–Crippen LogP) is 5.20.